The summed E-state index contributed by atoms with van der Waals surface area (Å²) in [5.74, 6) is -0.205. The number of anilines is 1. The number of ether oxygens (including phenoxy) is 3. The van der Waals surface area contributed by atoms with Crippen LogP contribution in [0, 0.1) is 6.92 Å². The summed E-state index contributed by atoms with van der Waals surface area (Å²) in [5.41, 5.74) is 0.503. The molecule has 11 heteroatoms. The van der Waals surface area contributed by atoms with Crippen LogP contribution in [0.4, 0.5) is 10.5 Å². The second-order valence-electron chi connectivity index (χ2n) is 8.69. The molecule has 1 saturated heterocycles. The van der Waals surface area contributed by atoms with Gasteiger partial charge in [0, 0.05) is 6.42 Å². The lowest BCUT2D eigenvalue weighted by atomic mass is 9.91. The van der Waals surface area contributed by atoms with E-state index in [1.54, 1.807) is 37.3 Å². The molecule has 36 heavy (non-hydrogen) atoms. The van der Waals surface area contributed by atoms with Gasteiger partial charge in [0.05, 0.1) is 32.6 Å². The lowest BCUT2D eigenvalue weighted by molar-refractivity contribution is -0.135. The van der Waals surface area contributed by atoms with Gasteiger partial charge >= 0.3 is 6.03 Å². The van der Waals surface area contributed by atoms with E-state index in [-0.39, 0.29) is 6.54 Å². The Morgan fingerprint density at radius 1 is 1.08 bits per heavy atom. The fraction of sp³-hybridized carbons (Fsp3) is 0.360. The van der Waals surface area contributed by atoms with E-state index in [0.29, 0.717) is 41.7 Å². The maximum Gasteiger partial charge on any atom is 0.325 e. The molecule has 1 fully saturated rings. The summed E-state index contributed by atoms with van der Waals surface area (Å²) in [6, 6.07) is 9.63. The molecule has 2 aliphatic heterocycles. The molecule has 0 radical (unpaired) electrons. The van der Waals surface area contributed by atoms with Crippen molar-refractivity contribution in [1.29, 1.82) is 0 Å². The van der Waals surface area contributed by atoms with Crippen molar-refractivity contribution in [3.63, 3.8) is 0 Å². The normalized spacial score (nSPS) is 18.8. The van der Waals surface area contributed by atoms with Crippen LogP contribution in [0.2, 0.25) is 0 Å². The summed E-state index contributed by atoms with van der Waals surface area (Å²) < 4.78 is 16.5. The molecule has 5 amide bonds. The van der Waals surface area contributed by atoms with Crippen LogP contribution in [0.3, 0.4) is 0 Å². The van der Waals surface area contributed by atoms with Gasteiger partial charge in [-0.1, -0.05) is 12.1 Å². The van der Waals surface area contributed by atoms with Crippen molar-refractivity contribution in [3.05, 3.63) is 47.5 Å². The van der Waals surface area contributed by atoms with Crippen LogP contribution >= 0.6 is 0 Å². The summed E-state index contributed by atoms with van der Waals surface area (Å²) in [4.78, 5) is 51.4. The third kappa shape index (κ3) is 5.04. The van der Waals surface area contributed by atoms with Gasteiger partial charge in [-0.2, -0.15) is 0 Å². The average Bonchev–Trinajstić information content (AvgIpc) is 3.01. The van der Waals surface area contributed by atoms with Crippen molar-refractivity contribution in [3.8, 4) is 17.2 Å². The molecule has 0 spiro atoms. The van der Waals surface area contributed by atoms with Crippen LogP contribution in [0.1, 0.15) is 24.5 Å². The van der Waals surface area contributed by atoms with Crippen LogP contribution in [0.25, 0.3) is 0 Å². The van der Waals surface area contributed by atoms with Gasteiger partial charge in [0.25, 0.3) is 5.91 Å². The largest absolute Gasteiger partial charge is 0.495 e. The van der Waals surface area contributed by atoms with Gasteiger partial charge in [-0.3, -0.25) is 19.3 Å². The number of imide groups is 1. The zero-order valence-corrected chi connectivity index (χ0v) is 20.3. The van der Waals surface area contributed by atoms with E-state index in [1.165, 1.54) is 7.11 Å². The molecule has 2 aromatic carbocycles. The number of hydrogen-bond donors (Lipinski definition) is 3. The number of fused-ring (bicyclic) bond motifs is 1. The number of carbonyl (C=O) groups is 4. The predicted molar refractivity (Wildman–Crippen MR) is 129 cm³/mol. The topological polar surface area (TPSA) is 135 Å². The second-order valence-corrected chi connectivity index (χ2v) is 8.69. The average molecular weight is 497 g/mol. The van der Waals surface area contributed by atoms with Gasteiger partial charge in [-0.05, 0) is 49.2 Å². The van der Waals surface area contributed by atoms with E-state index < -0.39 is 35.8 Å². The number of aryl methyl sites for hydroxylation is 1. The molecule has 4 rings (SSSR count). The van der Waals surface area contributed by atoms with E-state index in [9.17, 15) is 19.2 Å². The van der Waals surface area contributed by atoms with E-state index in [4.69, 9.17) is 14.2 Å². The van der Waals surface area contributed by atoms with E-state index >= 15 is 0 Å². The molecule has 2 aromatic rings. The number of nitrogens with zero attached hydrogens (tertiary/aromatic N) is 1. The third-order valence-corrected chi connectivity index (χ3v) is 5.98. The van der Waals surface area contributed by atoms with Gasteiger partial charge in [0.2, 0.25) is 11.8 Å². The second kappa shape index (κ2) is 10.1. The molecule has 11 nitrogen and oxygen atoms in total. The summed E-state index contributed by atoms with van der Waals surface area (Å²) in [5, 5.41) is 7.77. The minimum Gasteiger partial charge on any atom is -0.495 e. The Morgan fingerprint density at radius 2 is 1.83 bits per heavy atom. The Bertz CT molecular complexity index is 1210. The lowest BCUT2D eigenvalue weighted by Crippen LogP contribution is -2.44. The zero-order chi connectivity index (χ0) is 25.9. The number of nitrogens with one attached hydrogen (secondary N) is 3. The molecule has 0 unspecified atom stereocenters. The highest BCUT2D eigenvalue weighted by Crippen LogP contribution is 2.36. The van der Waals surface area contributed by atoms with Crippen molar-refractivity contribution in [2.75, 3.05) is 38.7 Å². The highest BCUT2D eigenvalue weighted by atomic mass is 16.5. The summed E-state index contributed by atoms with van der Waals surface area (Å²) in [6.45, 7) is 3.55. The molecule has 3 N–H and O–H groups in total. The Labute approximate surface area is 208 Å². The van der Waals surface area contributed by atoms with Crippen molar-refractivity contribution in [2.45, 2.75) is 25.8 Å². The molecule has 2 heterocycles. The number of rotatable bonds is 7. The minimum atomic E-state index is -1.39. The highest BCUT2D eigenvalue weighted by Gasteiger charge is 2.49. The van der Waals surface area contributed by atoms with Crippen molar-refractivity contribution in [1.82, 2.24) is 15.5 Å². The minimum absolute atomic E-state index is 0.348. The standard InChI is InChI=1S/C25H28N4O7/c1-15-5-7-18(34-3)17(11-15)27-21(30)13-26-22(31)14-29-23(32)25(2,28-24(29)33)16-6-8-19-20(12-16)36-10-4-9-35-19/h5-8,11-12H,4,9-10,13-14H2,1-3H3,(H,26,31)(H,27,30)(H,28,33)/t25-/m1/s1. The number of carbonyl (C=O) groups excluding carboxylic acids is 4. The van der Waals surface area contributed by atoms with Gasteiger partial charge in [0.1, 0.15) is 17.8 Å². The van der Waals surface area contributed by atoms with Gasteiger partial charge in [0.15, 0.2) is 11.5 Å². The monoisotopic (exact) mass is 496 g/mol. The Kier molecular flexibility index (Phi) is 7.00. The van der Waals surface area contributed by atoms with Gasteiger partial charge in [-0.15, -0.1) is 0 Å². The van der Waals surface area contributed by atoms with Gasteiger partial charge in [-0.25, -0.2) is 4.79 Å². The van der Waals surface area contributed by atoms with Crippen molar-refractivity contribution >= 4 is 29.4 Å². The Morgan fingerprint density at radius 3 is 2.58 bits per heavy atom. The highest BCUT2D eigenvalue weighted by molar-refractivity contribution is 6.09. The van der Waals surface area contributed by atoms with Crippen molar-refractivity contribution < 1.29 is 33.4 Å². The first-order chi connectivity index (χ1) is 17.2. The van der Waals surface area contributed by atoms with Crippen LogP contribution in [-0.2, 0) is 19.9 Å². The maximum atomic E-state index is 13.2. The molecule has 0 saturated carbocycles. The predicted octanol–water partition coefficient (Wildman–Crippen LogP) is 1.69. The first kappa shape index (κ1) is 24.8. The summed E-state index contributed by atoms with van der Waals surface area (Å²) in [6.07, 6.45) is 0.733. The van der Waals surface area contributed by atoms with Crippen LogP contribution in [-0.4, -0.2) is 62.1 Å². The fourth-order valence-corrected chi connectivity index (χ4v) is 4.00. The SMILES string of the molecule is COc1ccc(C)cc1NC(=O)CNC(=O)CN1C(=O)N[C@](C)(c2ccc3c(c2)OCCCO3)C1=O. The van der Waals surface area contributed by atoms with E-state index in [0.717, 1.165) is 16.9 Å². The number of urea groups is 1. The molecule has 1 atom stereocenters. The van der Waals surface area contributed by atoms with Gasteiger partial charge < -0.3 is 30.2 Å². The molecule has 190 valence electrons. The number of amides is 5. The van der Waals surface area contributed by atoms with Crippen LogP contribution < -0.4 is 30.2 Å². The number of benzene rings is 2. The van der Waals surface area contributed by atoms with E-state index in [1.807, 2.05) is 13.0 Å². The van der Waals surface area contributed by atoms with Crippen molar-refractivity contribution in [2.24, 2.45) is 0 Å². The quantitative estimate of drug-likeness (QED) is 0.497. The molecule has 0 aliphatic carbocycles. The number of methoxy groups -OCH3 is 1. The number of hydrogen-bond acceptors (Lipinski definition) is 7. The first-order valence-electron chi connectivity index (χ1n) is 11.5. The summed E-state index contributed by atoms with van der Waals surface area (Å²) >= 11 is 0. The molecule has 0 bridgehead atoms. The Balaban J connectivity index is 1.37. The molecule has 2 aliphatic rings. The third-order valence-electron chi connectivity index (χ3n) is 5.98. The zero-order valence-electron chi connectivity index (χ0n) is 20.3. The first-order valence-corrected chi connectivity index (χ1v) is 11.5. The maximum absolute atomic E-state index is 13.2. The van der Waals surface area contributed by atoms with Crippen LogP contribution in [0.5, 0.6) is 17.2 Å². The lowest BCUT2D eigenvalue weighted by Gasteiger charge is -2.23. The van der Waals surface area contributed by atoms with Crippen LogP contribution in [0.15, 0.2) is 36.4 Å². The fourth-order valence-electron chi connectivity index (χ4n) is 4.00. The Hall–Kier alpha value is -4.28. The smallest absolute Gasteiger partial charge is 0.325 e. The van der Waals surface area contributed by atoms with E-state index in [2.05, 4.69) is 16.0 Å². The molecular weight excluding hydrogens is 468 g/mol. The molecule has 0 aromatic heterocycles. The summed E-state index contributed by atoms with van der Waals surface area (Å²) in [7, 11) is 1.49. The molecular formula is C25H28N4O7.